The number of hydrogen-bond acceptors (Lipinski definition) is 5. The molecule has 0 bridgehead atoms. The van der Waals surface area contributed by atoms with E-state index in [1.165, 1.54) is 12.8 Å². The minimum atomic E-state index is 0.0347. The minimum absolute atomic E-state index is 0.0347. The second-order valence-electron chi connectivity index (χ2n) is 6.49. The van der Waals surface area contributed by atoms with Gasteiger partial charge in [-0.2, -0.15) is 0 Å². The van der Waals surface area contributed by atoms with Crippen LogP contribution in [0.4, 0.5) is 5.95 Å². The summed E-state index contributed by atoms with van der Waals surface area (Å²) in [6, 6.07) is 7.95. The third-order valence-corrected chi connectivity index (χ3v) is 4.66. The molecule has 1 aliphatic heterocycles. The van der Waals surface area contributed by atoms with Crippen molar-refractivity contribution < 1.29 is 9.53 Å². The molecule has 3 rings (SSSR count). The number of carbonyl (C=O) groups is 1. The van der Waals surface area contributed by atoms with Crippen molar-refractivity contribution in [2.75, 3.05) is 32.1 Å². The topological polar surface area (TPSA) is 67.3 Å². The standard InChI is InChI=1S/C20H26N4O2/c1-26-18-9-5-4-8-16(18)10-11-21-20-22-14-17(15-23-20)19(25)24-12-6-2-3-7-13-24/h4-5,8-9,14-15H,2-3,6-7,10-13H2,1H3,(H,21,22,23). The summed E-state index contributed by atoms with van der Waals surface area (Å²) in [4.78, 5) is 23.0. The highest BCUT2D eigenvalue weighted by molar-refractivity contribution is 5.93. The van der Waals surface area contributed by atoms with Gasteiger partial charge in [0.2, 0.25) is 5.95 Å². The van der Waals surface area contributed by atoms with Gasteiger partial charge < -0.3 is 15.0 Å². The van der Waals surface area contributed by atoms with Gasteiger partial charge in [-0.1, -0.05) is 31.0 Å². The van der Waals surface area contributed by atoms with E-state index < -0.39 is 0 Å². The fourth-order valence-electron chi connectivity index (χ4n) is 3.20. The fourth-order valence-corrected chi connectivity index (χ4v) is 3.20. The van der Waals surface area contributed by atoms with Crippen LogP contribution in [0.15, 0.2) is 36.7 Å². The molecule has 2 heterocycles. The Morgan fingerprint density at radius 3 is 2.50 bits per heavy atom. The molecule has 0 spiro atoms. The highest BCUT2D eigenvalue weighted by Gasteiger charge is 2.17. The average Bonchev–Trinajstić information content (AvgIpc) is 2.98. The zero-order chi connectivity index (χ0) is 18.2. The van der Waals surface area contributed by atoms with E-state index in [9.17, 15) is 4.79 Å². The highest BCUT2D eigenvalue weighted by atomic mass is 16.5. The van der Waals surface area contributed by atoms with Crippen molar-refractivity contribution in [3.05, 3.63) is 47.8 Å². The Kier molecular flexibility index (Phi) is 6.41. The number of aromatic nitrogens is 2. The van der Waals surface area contributed by atoms with Crippen molar-refractivity contribution in [1.82, 2.24) is 14.9 Å². The van der Waals surface area contributed by atoms with Crippen LogP contribution < -0.4 is 10.1 Å². The zero-order valence-electron chi connectivity index (χ0n) is 15.3. The fraction of sp³-hybridized carbons (Fsp3) is 0.450. The van der Waals surface area contributed by atoms with Crippen molar-refractivity contribution in [3.8, 4) is 5.75 Å². The van der Waals surface area contributed by atoms with E-state index in [0.717, 1.165) is 43.7 Å². The van der Waals surface area contributed by atoms with E-state index in [4.69, 9.17) is 4.74 Å². The largest absolute Gasteiger partial charge is 0.496 e. The molecule has 6 nitrogen and oxygen atoms in total. The quantitative estimate of drug-likeness (QED) is 0.863. The van der Waals surface area contributed by atoms with Crippen molar-refractivity contribution in [1.29, 1.82) is 0 Å². The van der Waals surface area contributed by atoms with Crippen LogP contribution in [-0.2, 0) is 6.42 Å². The summed E-state index contributed by atoms with van der Waals surface area (Å²) in [7, 11) is 1.68. The molecule has 1 aromatic heterocycles. The number of carbonyl (C=O) groups excluding carboxylic acids is 1. The summed E-state index contributed by atoms with van der Waals surface area (Å²) in [5.74, 6) is 1.45. The number of nitrogens with one attached hydrogen (secondary N) is 1. The summed E-state index contributed by atoms with van der Waals surface area (Å²) in [6.45, 7) is 2.36. The third-order valence-electron chi connectivity index (χ3n) is 4.66. The number of nitrogens with zero attached hydrogens (tertiary/aromatic N) is 3. The van der Waals surface area contributed by atoms with Gasteiger partial charge in [-0.25, -0.2) is 9.97 Å². The molecular weight excluding hydrogens is 328 g/mol. The molecule has 1 fully saturated rings. The Labute approximate surface area is 154 Å². The van der Waals surface area contributed by atoms with Gasteiger partial charge in [-0.3, -0.25) is 4.79 Å². The molecule has 0 aliphatic carbocycles. The van der Waals surface area contributed by atoms with Crippen molar-refractivity contribution in [3.63, 3.8) is 0 Å². The Balaban J connectivity index is 1.53. The van der Waals surface area contributed by atoms with Gasteiger partial charge in [0, 0.05) is 32.0 Å². The van der Waals surface area contributed by atoms with E-state index in [-0.39, 0.29) is 5.91 Å². The Hall–Kier alpha value is -2.63. The van der Waals surface area contributed by atoms with E-state index in [2.05, 4.69) is 15.3 Å². The molecule has 138 valence electrons. The first-order valence-electron chi connectivity index (χ1n) is 9.25. The number of anilines is 1. The molecule has 26 heavy (non-hydrogen) atoms. The Morgan fingerprint density at radius 1 is 1.12 bits per heavy atom. The summed E-state index contributed by atoms with van der Waals surface area (Å²) in [6.07, 6.45) is 8.61. The zero-order valence-corrected chi connectivity index (χ0v) is 15.3. The number of ether oxygens (including phenoxy) is 1. The lowest BCUT2D eigenvalue weighted by atomic mass is 10.1. The maximum absolute atomic E-state index is 12.5. The van der Waals surface area contributed by atoms with Crippen LogP contribution in [0.3, 0.4) is 0 Å². The second kappa shape index (κ2) is 9.17. The van der Waals surface area contributed by atoms with Crippen molar-refractivity contribution in [2.24, 2.45) is 0 Å². The molecule has 0 atom stereocenters. The van der Waals surface area contributed by atoms with Crippen LogP contribution in [0, 0.1) is 0 Å². The normalized spacial score (nSPS) is 14.6. The first kappa shape index (κ1) is 18.2. The van der Waals surface area contributed by atoms with Gasteiger partial charge in [-0.15, -0.1) is 0 Å². The Morgan fingerprint density at radius 2 is 1.81 bits per heavy atom. The van der Waals surface area contributed by atoms with Crippen LogP contribution in [0.25, 0.3) is 0 Å². The van der Waals surface area contributed by atoms with Crippen LogP contribution in [0.2, 0.25) is 0 Å². The molecule has 0 saturated carbocycles. The molecule has 6 heteroatoms. The number of methoxy groups -OCH3 is 1. The van der Waals surface area contributed by atoms with Crippen LogP contribution >= 0.6 is 0 Å². The van der Waals surface area contributed by atoms with Gasteiger partial charge in [0.05, 0.1) is 12.7 Å². The van der Waals surface area contributed by atoms with E-state index in [0.29, 0.717) is 18.1 Å². The van der Waals surface area contributed by atoms with Gasteiger partial charge in [0.15, 0.2) is 0 Å². The summed E-state index contributed by atoms with van der Waals surface area (Å²) in [5, 5.41) is 3.20. The predicted octanol–water partition coefficient (Wildman–Crippen LogP) is 3.16. The van der Waals surface area contributed by atoms with E-state index >= 15 is 0 Å². The van der Waals surface area contributed by atoms with Crippen molar-refractivity contribution in [2.45, 2.75) is 32.1 Å². The van der Waals surface area contributed by atoms with Crippen LogP contribution in [-0.4, -0.2) is 47.5 Å². The summed E-state index contributed by atoms with van der Waals surface area (Å²) >= 11 is 0. The number of hydrogen-bond donors (Lipinski definition) is 1. The first-order chi connectivity index (χ1) is 12.8. The molecule has 0 unspecified atom stereocenters. The molecule has 2 aromatic rings. The van der Waals surface area contributed by atoms with Gasteiger partial charge in [-0.05, 0) is 30.9 Å². The lowest BCUT2D eigenvalue weighted by Gasteiger charge is -2.19. The number of amides is 1. The first-order valence-corrected chi connectivity index (χ1v) is 9.25. The molecule has 1 saturated heterocycles. The number of benzene rings is 1. The second-order valence-corrected chi connectivity index (χ2v) is 6.49. The number of rotatable bonds is 6. The maximum Gasteiger partial charge on any atom is 0.256 e. The molecule has 1 N–H and O–H groups in total. The number of para-hydroxylation sites is 1. The summed E-state index contributed by atoms with van der Waals surface area (Å²) < 4.78 is 5.36. The average molecular weight is 354 g/mol. The van der Waals surface area contributed by atoms with E-state index in [1.807, 2.05) is 29.2 Å². The third kappa shape index (κ3) is 4.71. The molecule has 0 radical (unpaired) electrons. The van der Waals surface area contributed by atoms with Gasteiger partial charge in [0.1, 0.15) is 5.75 Å². The predicted molar refractivity (Wildman–Crippen MR) is 102 cm³/mol. The molecular formula is C20H26N4O2. The van der Waals surface area contributed by atoms with E-state index in [1.54, 1.807) is 19.5 Å². The SMILES string of the molecule is COc1ccccc1CCNc1ncc(C(=O)N2CCCCCC2)cn1. The molecule has 1 aromatic carbocycles. The summed E-state index contributed by atoms with van der Waals surface area (Å²) in [5.41, 5.74) is 1.69. The monoisotopic (exact) mass is 354 g/mol. The molecule has 1 aliphatic rings. The lowest BCUT2D eigenvalue weighted by molar-refractivity contribution is 0.0761. The smallest absolute Gasteiger partial charge is 0.256 e. The van der Waals surface area contributed by atoms with Gasteiger partial charge >= 0.3 is 0 Å². The van der Waals surface area contributed by atoms with Crippen molar-refractivity contribution >= 4 is 11.9 Å². The minimum Gasteiger partial charge on any atom is -0.496 e. The maximum atomic E-state index is 12.5. The lowest BCUT2D eigenvalue weighted by Crippen LogP contribution is -2.32. The van der Waals surface area contributed by atoms with Gasteiger partial charge in [0.25, 0.3) is 5.91 Å². The van der Waals surface area contributed by atoms with Crippen LogP contribution in [0.1, 0.15) is 41.6 Å². The highest BCUT2D eigenvalue weighted by Crippen LogP contribution is 2.18. The number of likely N-dealkylation sites (tertiary alicyclic amines) is 1. The molecule has 1 amide bonds. The van der Waals surface area contributed by atoms with Crippen LogP contribution in [0.5, 0.6) is 5.75 Å². The Bertz CT molecular complexity index is 710.